The maximum atomic E-state index is 11.6. The van der Waals surface area contributed by atoms with Crippen LogP contribution in [0.1, 0.15) is 18.1 Å². The van der Waals surface area contributed by atoms with E-state index in [2.05, 4.69) is 18.0 Å². The minimum atomic E-state index is 0.0283. The molecule has 0 aliphatic rings. The second-order valence-corrected chi connectivity index (χ2v) is 3.46. The van der Waals surface area contributed by atoms with Crippen molar-refractivity contribution in [2.24, 2.45) is 0 Å². The molecule has 1 heterocycles. The largest absolute Gasteiger partial charge is 0.322 e. The van der Waals surface area contributed by atoms with Crippen LogP contribution >= 0.6 is 0 Å². The zero-order valence-electron chi connectivity index (χ0n) is 8.42. The summed E-state index contributed by atoms with van der Waals surface area (Å²) >= 11 is 0. The minimum Gasteiger partial charge on any atom is -0.322 e. The third-order valence-corrected chi connectivity index (χ3v) is 2.65. The Bertz CT molecular complexity index is 525. The highest BCUT2D eigenvalue weighted by Gasteiger charge is 2.05. The van der Waals surface area contributed by atoms with Crippen molar-refractivity contribution in [1.82, 2.24) is 4.98 Å². The highest BCUT2D eigenvalue weighted by molar-refractivity contribution is 5.82. The number of benzene rings is 1. The molecule has 0 unspecified atom stereocenters. The fourth-order valence-corrected chi connectivity index (χ4v) is 1.87. The van der Waals surface area contributed by atoms with Gasteiger partial charge in [0, 0.05) is 16.5 Å². The van der Waals surface area contributed by atoms with E-state index in [0.717, 1.165) is 28.5 Å². The molecule has 2 rings (SSSR count). The maximum Gasteiger partial charge on any atom is 0.251 e. The Hall–Kier alpha value is -1.57. The number of hydrogen-bond donors (Lipinski definition) is 1. The monoisotopic (exact) mass is 187 g/mol. The molecule has 0 amide bonds. The van der Waals surface area contributed by atoms with Crippen LogP contribution in [0.3, 0.4) is 0 Å². The van der Waals surface area contributed by atoms with Gasteiger partial charge >= 0.3 is 0 Å². The maximum absolute atomic E-state index is 11.6. The molecule has 0 spiro atoms. The SMILES string of the molecule is CCc1c(C)c(=O)[nH]c2ccccc12. The lowest BCUT2D eigenvalue weighted by molar-refractivity contribution is 1.09. The Balaban J connectivity index is 2.96. The molecular weight excluding hydrogens is 174 g/mol. The summed E-state index contributed by atoms with van der Waals surface area (Å²) in [5, 5.41) is 1.16. The standard InChI is InChI=1S/C12H13NO/c1-3-9-8(2)12(14)13-11-7-5-4-6-10(9)11/h4-7H,3H2,1-2H3,(H,13,14). The average Bonchev–Trinajstić information content (AvgIpc) is 2.20. The Morgan fingerprint density at radius 2 is 2.00 bits per heavy atom. The van der Waals surface area contributed by atoms with Gasteiger partial charge < -0.3 is 4.98 Å². The molecule has 0 aliphatic carbocycles. The first kappa shape index (κ1) is 9.00. The second-order valence-electron chi connectivity index (χ2n) is 3.46. The van der Waals surface area contributed by atoms with E-state index in [9.17, 15) is 4.79 Å². The number of H-pyrrole nitrogens is 1. The second kappa shape index (κ2) is 3.29. The number of nitrogens with one attached hydrogen (secondary N) is 1. The molecule has 1 aromatic carbocycles. The number of aromatic nitrogens is 1. The van der Waals surface area contributed by atoms with Gasteiger partial charge in [0.25, 0.3) is 5.56 Å². The molecule has 0 aliphatic heterocycles. The lowest BCUT2D eigenvalue weighted by atomic mass is 10.0. The van der Waals surface area contributed by atoms with E-state index in [-0.39, 0.29) is 5.56 Å². The predicted molar refractivity (Wildman–Crippen MR) is 58.7 cm³/mol. The summed E-state index contributed by atoms with van der Waals surface area (Å²) in [6.45, 7) is 3.96. The number of rotatable bonds is 1. The van der Waals surface area contributed by atoms with Gasteiger partial charge in [0.05, 0.1) is 0 Å². The van der Waals surface area contributed by atoms with E-state index in [0.29, 0.717) is 0 Å². The normalized spacial score (nSPS) is 10.7. The zero-order valence-corrected chi connectivity index (χ0v) is 8.42. The number of fused-ring (bicyclic) bond motifs is 1. The summed E-state index contributed by atoms with van der Waals surface area (Å²) in [6.07, 6.45) is 0.899. The van der Waals surface area contributed by atoms with Crippen LogP contribution < -0.4 is 5.56 Å². The van der Waals surface area contributed by atoms with E-state index >= 15 is 0 Å². The first-order valence-electron chi connectivity index (χ1n) is 4.84. The molecule has 0 saturated carbocycles. The Morgan fingerprint density at radius 3 is 2.71 bits per heavy atom. The molecule has 72 valence electrons. The Labute approximate surface area is 82.6 Å². The predicted octanol–water partition coefficient (Wildman–Crippen LogP) is 2.40. The molecule has 0 bridgehead atoms. The molecular formula is C12H13NO. The van der Waals surface area contributed by atoms with Crippen molar-refractivity contribution in [3.63, 3.8) is 0 Å². The van der Waals surface area contributed by atoms with Crippen LogP contribution in [0.15, 0.2) is 29.1 Å². The van der Waals surface area contributed by atoms with Crippen LogP contribution in [-0.2, 0) is 6.42 Å². The third kappa shape index (κ3) is 1.23. The number of hydrogen-bond acceptors (Lipinski definition) is 1. The molecule has 2 heteroatoms. The molecule has 0 saturated heterocycles. The van der Waals surface area contributed by atoms with Crippen LogP contribution in [0.25, 0.3) is 10.9 Å². The molecule has 14 heavy (non-hydrogen) atoms. The fraction of sp³-hybridized carbons (Fsp3) is 0.250. The first-order valence-corrected chi connectivity index (χ1v) is 4.84. The van der Waals surface area contributed by atoms with Gasteiger partial charge in [-0.1, -0.05) is 25.1 Å². The van der Waals surface area contributed by atoms with Crippen LogP contribution in [0.5, 0.6) is 0 Å². The number of pyridine rings is 1. The highest BCUT2D eigenvalue weighted by atomic mass is 16.1. The fourth-order valence-electron chi connectivity index (χ4n) is 1.87. The van der Waals surface area contributed by atoms with E-state index in [1.54, 1.807) is 0 Å². The van der Waals surface area contributed by atoms with E-state index in [4.69, 9.17) is 0 Å². The van der Waals surface area contributed by atoms with Crippen molar-refractivity contribution in [2.75, 3.05) is 0 Å². The quantitative estimate of drug-likeness (QED) is 0.730. The molecule has 0 radical (unpaired) electrons. The van der Waals surface area contributed by atoms with Gasteiger partial charge in [-0.2, -0.15) is 0 Å². The molecule has 0 atom stereocenters. The Kier molecular flexibility index (Phi) is 2.12. The van der Waals surface area contributed by atoms with Gasteiger partial charge in [0.1, 0.15) is 0 Å². The molecule has 1 N–H and O–H groups in total. The first-order chi connectivity index (χ1) is 6.74. The number of aromatic amines is 1. The van der Waals surface area contributed by atoms with Gasteiger partial charge in [0.15, 0.2) is 0 Å². The van der Waals surface area contributed by atoms with Crippen molar-refractivity contribution < 1.29 is 0 Å². The number of para-hydroxylation sites is 1. The summed E-state index contributed by atoms with van der Waals surface area (Å²) in [5.74, 6) is 0. The van der Waals surface area contributed by atoms with Crippen molar-refractivity contribution in [3.8, 4) is 0 Å². The van der Waals surface area contributed by atoms with Gasteiger partial charge in [-0.05, 0) is 25.0 Å². The summed E-state index contributed by atoms with van der Waals surface area (Å²) in [6, 6.07) is 7.93. The van der Waals surface area contributed by atoms with Crippen LogP contribution in [0.4, 0.5) is 0 Å². The summed E-state index contributed by atoms with van der Waals surface area (Å²) in [5.41, 5.74) is 2.95. The smallest absolute Gasteiger partial charge is 0.251 e. The van der Waals surface area contributed by atoms with Gasteiger partial charge in [0.2, 0.25) is 0 Å². The van der Waals surface area contributed by atoms with Gasteiger partial charge in [-0.25, -0.2) is 0 Å². The van der Waals surface area contributed by atoms with E-state index < -0.39 is 0 Å². The molecule has 0 fully saturated rings. The van der Waals surface area contributed by atoms with Crippen LogP contribution in [0.2, 0.25) is 0 Å². The summed E-state index contributed by atoms with van der Waals surface area (Å²) in [4.78, 5) is 14.4. The van der Waals surface area contributed by atoms with E-state index in [1.165, 1.54) is 0 Å². The third-order valence-electron chi connectivity index (χ3n) is 2.65. The molecule has 1 aromatic heterocycles. The van der Waals surface area contributed by atoms with Crippen LogP contribution in [-0.4, -0.2) is 4.98 Å². The molecule has 2 nitrogen and oxygen atoms in total. The lowest BCUT2D eigenvalue weighted by Crippen LogP contribution is -2.12. The van der Waals surface area contributed by atoms with Gasteiger partial charge in [-0.3, -0.25) is 4.79 Å². The van der Waals surface area contributed by atoms with Crippen molar-refractivity contribution in [2.45, 2.75) is 20.3 Å². The highest BCUT2D eigenvalue weighted by Crippen LogP contribution is 2.17. The van der Waals surface area contributed by atoms with Crippen molar-refractivity contribution in [1.29, 1.82) is 0 Å². The van der Waals surface area contributed by atoms with Crippen molar-refractivity contribution in [3.05, 3.63) is 45.7 Å². The topological polar surface area (TPSA) is 32.9 Å². The Morgan fingerprint density at radius 1 is 1.29 bits per heavy atom. The lowest BCUT2D eigenvalue weighted by Gasteiger charge is -2.06. The van der Waals surface area contributed by atoms with Crippen LogP contribution in [0, 0.1) is 6.92 Å². The van der Waals surface area contributed by atoms with E-state index in [1.807, 2.05) is 25.1 Å². The number of aryl methyl sites for hydroxylation is 1. The zero-order chi connectivity index (χ0) is 10.1. The van der Waals surface area contributed by atoms with Crippen molar-refractivity contribution >= 4 is 10.9 Å². The average molecular weight is 187 g/mol. The summed E-state index contributed by atoms with van der Waals surface area (Å²) < 4.78 is 0. The minimum absolute atomic E-state index is 0.0283. The summed E-state index contributed by atoms with van der Waals surface area (Å²) in [7, 11) is 0. The van der Waals surface area contributed by atoms with Gasteiger partial charge in [-0.15, -0.1) is 0 Å². The molecule has 2 aromatic rings.